The van der Waals surface area contributed by atoms with Gasteiger partial charge in [0.25, 0.3) is 0 Å². The molecule has 0 saturated heterocycles. The van der Waals surface area contributed by atoms with E-state index in [-0.39, 0.29) is 19.5 Å². The van der Waals surface area contributed by atoms with E-state index in [9.17, 15) is 14.4 Å². The van der Waals surface area contributed by atoms with E-state index in [0.29, 0.717) is 0 Å². The lowest BCUT2D eigenvalue weighted by Crippen LogP contribution is -2.54. The van der Waals surface area contributed by atoms with E-state index in [4.69, 9.17) is 22.3 Å². The fourth-order valence-electron chi connectivity index (χ4n) is 2.12. The molecule has 0 aromatic heterocycles. The van der Waals surface area contributed by atoms with Crippen molar-refractivity contribution in [1.29, 1.82) is 0 Å². The topological polar surface area (TPSA) is 174 Å². The monoisotopic (exact) mass is 351 g/mol. The van der Waals surface area contributed by atoms with Crippen molar-refractivity contribution in [1.82, 2.24) is 10.6 Å². The second kappa shape index (κ2) is 10.4. The Morgan fingerprint density at radius 1 is 1.04 bits per heavy atom. The highest BCUT2D eigenvalue weighted by molar-refractivity contribution is 5.90. The third-order valence-electron chi connectivity index (χ3n) is 3.57. The third-order valence-corrected chi connectivity index (χ3v) is 3.57. The first-order valence-electron chi connectivity index (χ1n) is 7.89. The summed E-state index contributed by atoms with van der Waals surface area (Å²) in [5.74, 6) is -2.35. The first-order chi connectivity index (χ1) is 11.9. The van der Waals surface area contributed by atoms with E-state index in [1.54, 1.807) is 0 Å². The third kappa shape index (κ3) is 7.29. The molecule has 0 fully saturated rings. The molecule has 1 aromatic carbocycles. The largest absolute Gasteiger partial charge is 0.480 e. The number of amides is 2. The number of rotatable bonds is 10. The Labute approximate surface area is 145 Å². The summed E-state index contributed by atoms with van der Waals surface area (Å²) in [5.41, 5.74) is 17.2. The second-order valence-electron chi connectivity index (χ2n) is 5.64. The summed E-state index contributed by atoms with van der Waals surface area (Å²) in [5, 5.41) is 14.0. The van der Waals surface area contributed by atoms with E-state index in [2.05, 4.69) is 10.6 Å². The summed E-state index contributed by atoms with van der Waals surface area (Å²) in [6.07, 6.45) is -0.187. The highest BCUT2D eigenvalue weighted by atomic mass is 16.4. The van der Waals surface area contributed by atoms with E-state index in [1.165, 1.54) is 0 Å². The highest BCUT2D eigenvalue weighted by Crippen LogP contribution is 2.04. The molecule has 138 valence electrons. The molecule has 0 aliphatic rings. The van der Waals surface area contributed by atoms with Gasteiger partial charge in [0.1, 0.15) is 12.1 Å². The molecular weight excluding hydrogens is 326 g/mol. The SMILES string of the molecule is NCC(CN)NC(=O)C(Cc1ccccc1)NC(=O)CC(N)C(=O)O. The molecule has 0 saturated carbocycles. The van der Waals surface area contributed by atoms with Gasteiger partial charge in [-0.05, 0) is 5.56 Å². The predicted octanol–water partition coefficient (Wildman–Crippen LogP) is -2.08. The van der Waals surface area contributed by atoms with Crippen LogP contribution in [0.25, 0.3) is 0 Å². The number of nitrogens with two attached hydrogens (primary N) is 3. The van der Waals surface area contributed by atoms with Gasteiger partial charge in [-0.1, -0.05) is 30.3 Å². The Kier molecular flexibility index (Phi) is 8.54. The molecule has 2 unspecified atom stereocenters. The van der Waals surface area contributed by atoms with Gasteiger partial charge in [-0.3, -0.25) is 14.4 Å². The number of aliphatic carboxylic acids is 1. The number of carbonyl (C=O) groups excluding carboxylic acids is 2. The molecule has 0 spiro atoms. The van der Waals surface area contributed by atoms with Crippen molar-refractivity contribution in [3.63, 3.8) is 0 Å². The summed E-state index contributed by atoms with van der Waals surface area (Å²) in [7, 11) is 0. The summed E-state index contributed by atoms with van der Waals surface area (Å²) in [6.45, 7) is 0.330. The fourth-order valence-corrected chi connectivity index (χ4v) is 2.12. The Hall–Kier alpha value is -2.49. The number of carbonyl (C=O) groups is 3. The number of hydrogen-bond donors (Lipinski definition) is 6. The summed E-state index contributed by atoms with van der Waals surface area (Å²) in [4.78, 5) is 35.2. The number of carboxylic acids is 1. The minimum Gasteiger partial charge on any atom is -0.480 e. The lowest BCUT2D eigenvalue weighted by molar-refractivity contribution is -0.140. The minimum atomic E-state index is -1.33. The van der Waals surface area contributed by atoms with Gasteiger partial charge in [0, 0.05) is 19.5 Å². The standard InChI is InChI=1S/C16H25N5O4/c17-8-11(9-18)20-15(23)13(6-10-4-2-1-3-5-10)21-14(22)7-12(19)16(24)25/h1-5,11-13H,6-9,17-19H2,(H,20,23)(H,21,22)(H,24,25). The van der Waals surface area contributed by atoms with E-state index in [1.807, 2.05) is 30.3 Å². The van der Waals surface area contributed by atoms with Crippen molar-refractivity contribution in [2.24, 2.45) is 17.2 Å². The first kappa shape index (κ1) is 20.6. The summed E-state index contributed by atoms with van der Waals surface area (Å²) >= 11 is 0. The van der Waals surface area contributed by atoms with E-state index >= 15 is 0 Å². The zero-order valence-corrected chi connectivity index (χ0v) is 13.9. The minimum absolute atomic E-state index is 0.165. The molecule has 0 aliphatic heterocycles. The van der Waals surface area contributed by atoms with Crippen LogP contribution in [0.3, 0.4) is 0 Å². The zero-order chi connectivity index (χ0) is 18.8. The first-order valence-corrected chi connectivity index (χ1v) is 7.89. The van der Waals surface area contributed by atoms with Crippen LogP contribution in [0.2, 0.25) is 0 Å². The molecule has 0 radical (unpaired) electrons. The maximum absolute atomic E-state index is 12.4. The van der Waals surface area contributed by atoms with Gasteiger partial charge < -0.3 is 32.9 Å². The maximum atomic E-state index is 12.4. The van der Waals surface area contributed by atoms with Crippen LogP contribution in [-0.4, -0.2) is 54.1 Å². The van der Waals surface area contributed by atoms with Crippen LogP contribution >= 0.6 is 0 Å². The molecule has 0 aliphatic carbocycles. The molecule has 9 nitrogen and oxygen atoms in total. The maximum Gasteiger partial charge on any atom is 0.321 e. The van der Waals surface area contributed by atoms with Gasteiger partial charge >= 0.3 is 5.97 Å². The molecule has 0 bridgehead atoms. The van der Waals surface area contributed by atoms with Crippen LogP contribution in [-0.2, 0) is 20.8 Å². The molecule has 9 N–H and O–H groups in total. The van der Waals surface area contributed by atoms with Crippen molar-refractivity contribution in [2.45, 2.75) is 31.0 Å². The van der Waals surface area contributed by atoms with E-state index < -0.39 is 42.3 Å². The second-order valence-corrected chi connectivity index (χ2v) is 5.64. The van der Waals surface area contributed by atoms with Crippen LogP contribution < -0.4 is 27.8 Å². The van der Waals surface area contributed by atoms with Crippen molar-refractivity contribution >= 4 is 17.8 Å². The van der Waals surface area contributed by atoms with Gasteiger partial charge in [-0.25, -0.2) is 0 Å². The average molecular weight is 351 g/mol. The molecule has 0 heterocycles. The Morgan fingerprint density at radius 3 is 2.16 bits per heavy atom. The Bertz CT molecular complexity index is 577. The van der Waals surface area contributed by atoms with Gasteiger partial charge in [-0.2, -0.15) is 0 Å². The van der Waals surface area contributed by atoms with Crippen molar-refractivity contribution < 1.29 is 19.5 Å². The van der Waals surface area contributed by atoms with Crippen LogP contribution in [0, 0.1) is 0 Å². The van der Waals surface area contributed by atoms with Crippen molar-refractivity contribution in [2.75, 3.05) is 13.1 Å². The lowest BCUT2D eigenvalue weighted by atomic mass is 10.0. The Balaban J connectivity index is 2.81. The normalized spacial score (nSPS) is 13.1. The van der Waals surface area contributed by atoms with Crippen LogP contribution in [0.15, 0.2) is 30.3 Å². The molecule has 9 heteroatoms. The molecule has 1 rings (SSSR count). The fraction of sp³-hybridized carbons (Fsp3) is 0.438. The Morgan fingerprint density at radius 2 is 1.64 bits per heavy atom. The highest BCUT2D eigenvalue weighted by Gasteiger charge is 2.25. The summed E-state index contributed by atoms with van der Waals surface area (Å²) < 4.78 is 0. The lowest BCUT2D eigenvalue weighted by Gasteiger charge is -2.22. The number of benzene rings is 1. The number of carboxylic acid groups (broad SMARTS) is 1. The smallest absolute Gasteiger partial charge is 0.321 e. The molecule has 2 amide bonds. The van der Waals surface area contributed by atoms with Gasteiger partial charge in [0.2, 0.25) is 11.8 Å². The van der Waals surface area contributed by atoms with Crippen LogP contribution in [0.1, 0.15) is 12.0 Å². The number of hydrogen-bond acceptors (Lipinski definition) is 6. The zero-order valence-electron chi connectivity index (χ0n) is 13.9. The van der Waals surface area contributed by atoms with Gasteiger partial charge in [-0.15, -0.1) is 0 Å². The molecule has 25 heavy (non-hydrogen) atoms. The van der Waals surface area contributed by atoms with Crippen LogP contribution in [0.4, 0.5) is 0 Å². The number of nitrogens with one attached hydrogen (secondary N) is 2. The van der Waals surface area contributed by atoms with Gasteiger partial charge in [0.15, 0.2) is 0 Å². The predicted molar refractivity (Wildman–Crippen MR) is 92.3 cm³/mol. The van der Waals surface area contributed by atoms with E-state index in [0.717, 1.165) is 5.56 Å². The quantitative estimate of drug-likeness (QED) is 0.280. The van der Waals surface area contributed by atoms with Crippen molar-refractivity contribution in [3.8, 4) is 0 Å². The summed E-state index contributed by atoms with van der Waals surface area (Å²) in [6, 6.07) is 6.46. The van der Waals surface area contributed by atoms with Crippen LogP contribution in [0.5, 0.6) is 0 Å². The molecular formula is C16H25N5O4. The molecule has 1 aromatic rings. The average Bonchev–Trinajstić information content (AvgIpc) is 2.59. The molecule has 2 atom stereocenters. The van der Waals surface area contributed by atoms with Gasteiger partial charge in [0.05, 0.1) is 12.5 Å². The van der Waals surface area contributed by atoms with Crippen molar-refractivity contribution in [3.05, 3.63) is 35.9 Å².